The Bertz CT molecular complexity index is 924. The van der Waals surface area contributed by atoms with E-state index in [-0.39, 0.29) is 17.6 Å². The van der Waals surface area contributed by atoms with E-state index in [4.69, 9.17) is 5.48 Å². The molecule has 1 aliphatic rings. The third-order valence-corrected chi connectivity index (χ3v) is 5.94. The van der Waals surface area contributed by atoms with E-state index in [1.54, 1.807) is 6.07 Å². The molecule has 0 bridgehead atoms. The Labute approximate surface area is 172 Å². The maximum Gasteiger partial charge on any atom is 0.194 e. The monoisotopic (exact) mass is 392 g/mol. The minimum Gasteiger partial charge on any atom is -0.204 e. The van der Waals surface area contributed by atoms with Gasteiger partial charge < -0.3 is 0 Å². The number of benzene rings is 2. The second-order valence-corrected chi connectivity index (χ2v) is 8.01. The van der Waals surface area contributed by atoms with Gasteiger partial charge >= 0.3 is 0 Å². The van der Waals surface area contributed by atoms with E-state index in [1.165, 1.54) is 57.4 Å². The van der Waals surface area contributed by atoms with Crippen LogP contribution in [0.1, 0.15) is 75.8 Å². The summed E-state index contributed by atoms with van der Waals surface area (Å²) >= 11 is 0. The molecule has 3 rings (SSSR count). The highest BCUT2D eigenvalue weighted by Gasteiger charge is 2.20. The number of aryl methyl sites for hydroxylation is 1. The summed E-state index contributed by atoms with van der Waals surface area (Å²) in [6.07, 6.45) is 11.6. The molecule has 1 aliphatic carbocycles. The molecule has 152 valence electrons. The molecule has 0 spiro atoms. The molecule has 0 saturated heterocycles. The van der Waals surface area contributed by atoms with Crippen LogP contribution in [0.4, 0.5) is 13.2 Å². The predicted octanol–water partition coefficient (Wildman–Crippen LogP) is 8.09. The normalized spacial score (nSPS) is 21.7. The van der Waals surface area contributed by atoms with Gasteiger partial charge in [0.2, 0.25) is 0 Å². The first-order valence-corrected chi connectivity index (χ1v) is 10.5. The van der Waals surface area contributed by atoms with Crippen LogP contribution in [0.15, 0.2) is 36.3 Å². The Hall–Kier alpha value is -1.77. The Balaban J connectivity index is 1.69. The summed E-state index contributed by atoms with van der Waals surface area (Å²) in [5.41, 5.74) is 0.0805. The van der Waals surface area contributed by atoms with E-state index in [2.05, 4.69) is 6.92 Å². The van der Waals surface area contributed by atoms with Gasteiger partial charge in [-0.25, -0.2) is 13.2 Å². The van der Waals surface area contributed by atoms with Gasteiger partial charge in [0.15, 0.2) is 17.5 Å². The summed E-state index contributed by atoms with van der Waals surface area (Å²) in [6.45, 7) is 2.22. The van der Waals surface area contributed by atoms with E-state index in [0.29, 0.717) is 17.9 Å². The Morgan fingerprint density at radius 1 is 0.857 bits per heavy atom. The van der Waals surface area contributed by atoms with Crippen LogP contribution in [-0.2, 0) is 6.42 Å². The standard InChI is InChI=1S/C25H31F3/c1-2-3-4-5-18-6-8-19(9-7-18)10-11-20-12-14-21(15-13-20)22-16-23(26)25(28)24(27)17-22/h12-19H,2-11H2,1H3/i12D,14D,16D,17D. The van der Waals surface area contributed by atoms with Gasteiger partial charge in [0.1, 0.15) is 0 Å². The fourth-order valence-electron chi connectivity index (χ4n) is 4.15. The number of rotatable bonds is 8. The molecule has 0 atom stereocenters. The molecule has 28 heavy (non-hydrogen) atoms. The maximum atomic E-state index is 13.9. The largest absolute Gasteiger partial charge is 0.204 e. The minimum absolute atomic E-state index is 0.0697. The molecule has 3 heteroatoms. The Morgan fingerprint density at radius 2 is 1.50 bits per heavy atom. The average molecular weight is 393 g/mol. The van der Waals surface area contributed by atoms with Gasteiger partial charge in [-0.05, 0) is 53.5 Å². The highest BCUT2D eigenvalue weighted by molar-refractivity contribution is 5.63. The predicted molar refractivity (Wildman–Crippen MR) is 110 cm³/mol. The van der Waals surface area contributed by atoms with E-state index in [0.717, 1.165) is 12.3 Å². The van der Waals surface area contributed by atoms with Crippen LogP contribution in [0.2, 0.25) is 0 Å². The molecule has 0 N–H and O–H groups in total. The molecule has 1 fully saturated rings. The van der Waals surface area contributed by atoms with Crippen LogP contribution >= 0.6 is 0 Å². The molecule has 0 nitrogen and oxygen atoms in total. The molecule has 0 aromatic heterocycles. The van der Waals surface area contributed by atoms with E-state index < -0.39 is 35.1 Å². The fourth-order valence-corrected chi connectivity index (χ4v) is 4.15. The average Bonchev–Trinajstić information content (AvgIpc) is 2.79. The summed E-state index contributed by atoms with van der Waals surface area (Å²) in [5, 5.41) is 0. The Kier molecular flexibility index (Phi) is 5.82. The van der Waals surface area contributed by atoms with E-state index >= 15 is 0 Å². The van der Waals surface area contributed by atoms with Gasteiger partial charge in [0, 0.05) is 0 Å². The van der Waals surface area contributed by atoms with Gasteiger partial charge in [0.25, 0.3) is 0 Å². The zero-order valence-electron chi connectivity index (χ0n) is 20.5. The van der Waals surface area contributed by atoms with Crippen LogP contribution in [0.3, 0.4) is 0 Å². The van der Waals surface area contributed by atoms with Gasteiger partial charge in [-0.1, -0.05) is 82.5 Å². The molecule has 0 aliphatic heterocycles. The van der Waals surface area contributed by atoms with Gasteiger partial charge in [0.05, 0.1) is 5.48 Å². The van der Waals surface area contributed by atoms with Gasteiger partial charge in [-0.15, -0.1) is 0 Å². The lowest BCUT2D eigenvalue weighted by atomic mass is 9.78. The van der Waals surface area contributed by atoms with Gasteiger partial charge in [-0.3, -0.25) is 0 Å². The topological polar surface area (TPSA) is 0 Å². The minimum atomic E-state index is -1.86. The fraction of sp³-hybridized carbons (Fsp3) is 0.520. The number of halogens is 3. The van der Waals surface area contributed by atoms with Crippen molar-refractivity contribution in [2.24, 2.45) is 11.8 Å². The summed E-state index contributed by atoms with van der Waals surface area (Å²) in [4.78, 5) is 0. The molecular weight excluding hydrogens is 357 g/mol. The summed E-state index contributed by atoms with van der Waals surface area (Å²) in [5.74, 6) is -3.80. The highest BCUT2D eigenvalue weighted by atomic mass is 19.2. The van der Waals surface area contributed by atoms with Crippen LogP contribution in [0.25, 0.3) is 11.1 Å². The summed E-state index contributed by atoms with van der Waals surface area (Å²) in [7, 11) is 0. The number of hydrogen-bond acceptors (Lipinski definition) is 0. The van der Waals surface area contributed by atoms with Crippen LogP contribution in [-0.4, -0.2) is 0 Å². The summed E-state index contributed by atoms with van der Waals surface area (Å²) in [6, 6.07) is 0.747. The van der Waals surface area contributed by atoms with Crippen molar-refractivity contribution in [3.8, 4) is 11.1 Å². The second kappa shape index (κ2) is 10.1. The third kappa shape index (κ3) is 5.62. The van der Waals surface area contributed by atoms with Crippen molar-refractivity contribution in [2.45, 2.75) is 71.1 Å². The quantitative estimate of drug-likeness (QED) is 0.314. The van der Waals surface area contributed by atoms with Crippen molar-refractivity contribution in [1.29, 1.82) is 0 Å². The lowest BCUT2D eigenvalue weighted by Gasteiger charge is -2.28. The van der Waals surface area contributed by atoms with Crippen LogP contribution < -0.4 is 0 Å². The zero-order valence-corrected chi connectivity index (χ0v) is 16.5. The highest BCUT2D eigenvalue weighted by Crippen LogP contribution is 2.34. The van der Waals surface area contributed by atoms with Crippen molar-refractivity contribution < 1.29 is 18.7 Å². The molecule has 2 aromatic rings. The number of unbranched alkanes of at least 4 members (excludes halogenated alkanes) is 2. The molecule has 2 aromatic carbocycles. The Morgan fingerprint density at radius 3 is 2.14 bits per heavy atom. The van der Waals surface area contributed by atoms with Crippen molar-refractivity contribution in [1.82, 2.24) is 0 Å². The van der Waals surface area contributed by atoms with Crippen molar-refractivity contribution in [2.75, 3.05) is 0 Å². The van der Waals surface area contributed by atoms with Crippen LogP contribution in [0.5, 0.6) is 0 Å². The zero-order chi connectivity index (χ0) is 23.4. The second-order valence-electron chi connectivity index (χ2n) is 8.01. The molecule has 0 unspecified atom stereocenters. The molecular formula is C25H31F3. The molecule has 0 radical (unpaired) electrons. The first-order valence-electron chi connectivity index (χ1n) is 12.5. The van der Waals surface area contributed by atoms with Crippen molar-refractivity contribution in [3.05, 3.63) is 59.3 Å². The van der Waals surface area contributed by atoms with E-state index in [9.17, 15) is 13.2 Å². The summed E-state index contributed by atoms with van der Waals surface area (Å²) < 4.78 is 73.4. The van der Waals surface area contributed by atoms with Gasteiger partial charge in [-0.2, -0.15) is 0 Å². The first-order chi connectivity index (χ1) is 15.3. The lowest BCUT2D eigenvalue weighted by molar-refractivity contribution is 0.249. The lowest BCUT2D eigenvalue weighted by Crippen LogP contribution is -2.15. The number of hydrogen-bond donors (Lipinski definition) is 0. The molecule has 1 saturated carbocycles. The smallest absolute Gasteiger partial charge is 0.194 e. The van der Waals surface area contributed by atoms with Crippen molar-refractivity contribution in [3.63, 3.8) is 0 Å². The SMILES string of the molecule is [2H]c1c(CCC2CCC(CCCCC)CC2)ccc(-c2c([2H])c(F)c(F)c(F)c2[2H])c1[2H]. The third-order valence-electron chi connectivity index (χ3n) is 5.94. The maximum absolute atomic E-state index is 13.9. The van der Waals surface area contributed by atoms with Crippen molar-refractivity contribution >= 4 is 0 Å². The van der Waals surface area contributed by atoms with Crippen LogP contribution in [0, 0.1) is 29.3 Å². The molecule has 0 amide bonds. The molecule has 0 heterocycles. The first kappa shape index (κ1) is 16.1. The van der Waals surface area contributed by atoms with E-state index in [1.807, 2.05) is 0 Å².